The van der Waals surface area contributed by atoms with E-state index < -0.39 is 0 Å². The predicted molar refractivity (Wildman–Crippen MR) is 41.4 cm³/mol. The number of rotatable bonds is 0. The molecule has 0 aromatic heterocycles. The summed E-state index contributed by atoms with van der Waals surface area (Å²) in [5.41, 5.74) is 0. The Labute approximate surface area is 55.0 Å². The van der Waals surface area contributed by atoms with Crippen LogP contribution in [0.4, 0.5) is 0 Å². The molecule has 1 rings (SSSR count). The van der Waals surface area contributed by atoms with Crippen LogP contribution < -0.4 is 0 Å². The highest BCUT2D eigenvalue weighted by Gasteiger charge is 2.21. The second kappa shape index (κ2) is 2.77. The molecule has 0 spiro atoms. The summed E-state index contributed by atoms with van der Waals surface area (Å²) in [6.07, 6.45) is 5.37. The Morgan fingerprint density at radius 2 is 2.25 bits per heavy atom. The van der Waals surface area contributed by atoms with Crippen LogP contribution in [-0.2, 0) is 10.9 Å². The molecule has 1 heteroatoms. The third kappa shape index (κ3) is 1.70. The van der Waals surface area contributed by atoms with Crippen LogP contribution in [0.5, 0.6) is 0 Å². The monoisotopic (exact) mass is 131 g/mol. The van der Waals surface area contributed by atoms with Crippen molar-refractivity contribution in [2.75, 3.05) is 17.8 Å². The first kappa shape index (κ1) is 6.47. The summed E-state index contributed by atoms with van der Waals surface area (Å²) in [5, 5.41) is 0. The van der Waals surface area contributed by atoms with E-state index in [0.29, 0.717) is 0 Å². The maximum absolute atomic E-state index is 2.40. The number of hydrogen-bond donors (Lipinski definition) is 0. The Balaban J connectivity index is 2.23. The maximum atomic E-state index is 2.40. The average molecular weight is 131 g/mol. The van der Waals surface area contributed by atoms with Crippen molar-refractivity contribution in [2.45, 2.75) is 19.8 Å². The second-order valence-corrected chi connectivity index (χ2v) is 5.20. The molecular formula is C7H15S+. The number of hydrogen-bond acceptors (Lipinski definition) is 0. The van der Waals surface area contributed by atoms with Crippen molar-refractivity contribution >= 4 is 10.9 Å². The van der Waals surface area contributed by atoms with Gasteiger partial charge in [0.1, 0.15) is 11.5 Å². The molecular weight excluding hydrogens is 116 g/mol. The quantitative estimate of drug-likeness (QED) is 0.439. The van der Waals surface area contributed by atoms with Crippen LogP contribution in [0.15, 0.2) is 0 Å². The summed E-state index contributed by atoms with van der Waals surface area (Å²) in [6, 6.07) is 0. The van der Waals surface area contributed by atoms with Crippen LogP contribution in [0.1, 0.15) is 19.8 Å². The largest absolute Gasteiger partial charge is 0.110 e. The Bertz CT molecular complexity index is 62.8. The van der Waals surface area contributed by atoms with Crippen molar-refractivity contribution in [3.63, 3.8) is 0 Å². The van der Waals surface area contributed by atoms with E-state index in [9.17, 15) is 0 Å². The van der Waals surface area contributed by atoms with E-state index in [1.165, 1.54) is 24.3 Å². The molecule has 0 saturated carbocycles. The molecule has 0 aromatic carbocycles. The zero-order chi connectivity index (χ0) is 5.98. The van der Waals surface area contributed by atoms with Crippen LogP contribution in [-0.4, -0.2) is 17.8 Å². The Hall–Kier alpha value is 0.350. The highest BCUT2D eigenvalue weighted by Crippen LogP contribution is 2.16. The molecule has 2 unspecified atom stereocenters. The lowest BCUT2D eigenvalue weighted by atomic mass is 10.1. The molecule has 0 N–H and O–H groups in total. The summed E-state index contributed by atoms with van der Waals surface area (Å²) < 4.78 is 0. The van der Waals surface area contributed by atoms with E-state index >= 15 is 0 Å². The molecule has 0 nitrogen and oxygen atoms in total. The van der Waals surface area contributed by atoms with Gasteiger partial charge < -0.3 is 0 Å². The summed E-state index contributed by atoms with van der Waals surface area (Å²) >= 11 is 0. The lowest BCUT2D eigenvalue weighted by molar-refractivity contribution is 0.569. The van der Waals surface area contributed by atoms with E-state index in [1.807, 2.05) is 0 Å². The molecule has 48 valence electrons. The van der Waals surface area contributed by atoms with Gasteiger partial charge in [-0.2, -0.15) is 0 Å². The first-order chi connectivity index (χ1) is 3.79. The Morgan fingerprint density at radius 3 is 2.62 bits per heavy atom. The van der Waals surface area contributed by atoms with Gasteiger partial charge in [0.05, 0.1) is 6.26 Å². The van der Waals surface area contributed by atoms with Gasteiger partial charge in [0.15, 0.2) is 0 Å². The zero-order valence-electron chi connectivity index (χ0n) is 5.81. The summed E-state index contributed by atoms with van der Waals surface area (Å²) in [7, 11) is 0.780. The smallest absolute Gasteiger partial charge is 0.0580 e. The highest BCUT2D eigenvalue weighted by atomic mass is 32.2. The van der Waals surface area contributed by atoms with Gasteiger partial charge in [0, 0.05) is 5.92 Å². The molecule has 1 aliphatic rings. The molecule has 0 bridgehead atoms. The summed E-state index contributed by atoms with van der Waals surface area (Å²) in [5.74, 6) is 4.03. The third-order valence-electron chi connectivity index (χ3n) is 1.76. The fourth-order valence-corrected chi connectivity index (χ4v) is 3.29. The first-order valence-electron chi connectivity index (χ1n) is 3.38. The second-order valence-electron chi connectivity index (χ2n) is 2.90. The molecule has 1 saturated heterocycles. The van der Waals surface area contributed by atoms with Crippen molar-refractivity contribution in [3.05, 3.63) is 0 Å². The van der Waals surface area contributed by atoms with Gasteiger partial charge in [-0.05, 0) is 23.7 Å². The van der Waals surface area contributed by atoms with Crippen molar-refractivity contribution in [1.82, 2.24) is 0 Å². The lowest BCUT2D eigenvalue weighted by Gasteiger charge is -2.15. The van der Waals surface area contributed by atoms with E-state index in [4.69, 9.17) is 0 Å². The molecule has 1 fully saturated rings. The van der Waals surface area contributed by atoms with Crippen molar-refractivity contribution < 1.29 is 0 Å². The molecule has 2 atom stereocenters. The van der Waals surface area contributed by atoms with E-state index in [-0.39, 0.29) is 0 Å². The fraction of sp³-hybridized carbons (Fsp3) is 1.00. The molecule has 0 aromatic rings. The fourth-order valence-electron chi connectivity index (χ4n) is 1.33. The Kier molecular flexibility index (Phi) is 2.24. The minimum Gasteiger partial charge on any atom is -0.0580 e. The van der Waals surface area contributed by atoms with Gasteiger partial charge >= 0.3 is 0 Å². The lowest BCUT2D eigenvalue weighted by Crippen LogP contribution is -2.22. The first-order valence-corrected chi connectivity index (χ1v) is 5.35. The molecule has 8 heavy (non-hydrogen) atoms. The topological polar surface area (TPSA) is 0 Å². The van der Waals surface area contributed by atoms with Crippen molar-refractivity contribution in [2.24, 2.45) is 5.92 Å². The van der Waals surface area contributed by atoms with Gasteiger partial charge in [-0.15, -0.1) is 0 Å². The van der Waals surface area contributed by atoms with Gasteiger partial charge in [-0.3, -0.25) is 0 Å². The average Bonchev–Trinajstić information content (AvgIpc) is 1.64. The standard InChI is InChI=1S/C7H15S/c1-7-4-3-5-8(2)6-7/h7H,3-6H2,1-2H3/q+1. The van der Waals surface area contributed by atoms with Crippen molar-refractivity contribution in [3.8, 4) is 0 Å². The van der Waals surface area contributed by atoms with E-state index in [2.05, 4.69) is 13.2 Å². The third-order valence-corrected chi connectivity index (χ3v) is 3.88. The van der Waals surface area contributed by atoms with Crippen LogP contribution in [0.2, 0.25) is 0 Å². The van der Waals surface area contributed by atoms with E-state index in [1.54, 1.807) is 0 Å². The highest BCUT2D eigenvalue weighted by molar-refractivity contribution is 7.96. The summed E-state index contributed by atoms with van der Waals surface area (Å²) in [6.45, 7) is 2.38. The van der Waals surface area contributed by atoms with Crippen molar-refractivity contribution in [1.29, 1.82) is 0 Å². The van der Waals surface area contributed by atoms with E-state index in [0.717, 1.165) is 16.8 Å². The van der Waals surface area contributed by atoms with Crippen LogP contribution in [0.3, 0.4) is 0 Å². The van der Waals surface area contributed by atoms with Gasteiger partial charge in [-0.25, -0.2) is 0 Å². The van der Waals surface area contributed by atoms with Gasteiger partial charge in [0.25, 0.3) is 0 Å². The van der Waals surface area contributed by atoms with Crippen LogP contribution in [0, 0.1) is 5.92 Å². The molecule has 1 heterocycles. The Morgan fingerprint density at radius 1 is 1.50 bits per heavy atom. The maximum Gasteiger partial charge on any atom is 0.110 e. The minimum absolute atomic E-state index is 0.780. The van der Waals surface area contributed by atoms with Crippen LogP contribution in [0.25, 0.3) is 0 Å². The molecule has 0 radical (unpaired) electrons. The SMILES string of the molecule is CC1CCC[S+](C)C1. The normalized spacial score (nSPS) is 39.8. The molecule has 0 aliphatic carbocycles. The van der Waals surface area contributed by atoms with Gasteiger partial charge in [-0.1, -0.05) is 6.92 Å². The molecule has 0 amide bonds. The van der Waals surface area contributed by atoms with Crippen LogP contribution >= 0.6 is 0 Å². The molecule has 1 aliphatic heterocycles. The predicted octanol–water partition coefficient (Wildman–Crippen LogP) is 1.66. The van der Waals surface area contributed by atoms with Gasteiger partial charge in [0.2, 0.25) is 0 Å². The zero-order valence-corrected chi connectivity index (χ0v) is 6.63. The minimum atomic E-state index is 0.780. The summed E-state index contributed by atoms with van der Waals surface area (Å²) in [4.78, 5) is 0.